The van der Waals surface area contributed by atoms with E-state index < -0.39 is 17.6 Å². The lowest BCUT2D eigenvalue weighted by Crippen LogP contribution is -2.42. The molecule has 3 unspecified atom stereocenters. The van der Waals surface area contributed by atoms with Gasteiger partial charge in [-0.05, 0) is 48.9 Å². The number of amides is 1. The van der Waals surface area contributed by atoms with Crippen LogP contribution in [0.25, 0.3) is 0 Å². The van der Waals surface area contributed by atoms with Gasteiger partial charge in [-0.3, -0.25) is 0 Å². The molecule has 1 saturated heterocycles. The Hall–Kier alpha value is -3.00. The first-order valence-electron chi connectivity index (χ1n) is 10.6. The normalized spacial score (nSPS) is 21.3. The number of carbonyl (C=O) groups excluding carboxylic acids is 1. The van der Waals surface area contributed by atoms with Crippen molar-refractivity contribution in [3.8, 4) is 17.2 Å². The topological polar surface area (TPSA) is 91.3 Å². The van der Waals surface area contributed by atoms with E-state index in [9.17, 15) is 19.4 Å². The molecule has 2 aromatic carbocycles. The SMILES string of the molecule is COc1ccc(C2CN(C(=O)[O-])CC2(C)C(C)O)cc1OCCCOc1ccc(F)cc1. The van der Waals surface area contributed by atoms with Crippen molar-refractivity contribution in [1.29, 1.82) is 0 Å². The van der Waals surface area contributed by atoms with E-state index in [2.05, 4.69) is 0 Å². The molecule has 0 radical (unpaired) electrons. The van der Waals surface area contributed by atoms with Crippen molar-refractivity contribution in [3.05, 3.63) is 53.8 Å². The maximum absolute atomic E-state index is 13.0. The zero-order valence-corrected chi connectivity index (χ0v) is 18.5. The van der Waals surface area contributed by atoms with Gasteiger partial charge in [0.25, 0.3) is 0 Å². The first-order valence-corrected chi connectivity index (χ1v) is 10.6. The van der Waals surface area contributed by atoms with Gasteiger partial charge in [0.1, 0.15) is 17.7 Å². The predicted molar refractivity (Wildman–Crippen MR) is 114 cm³/mol. The molecule has 0 saturated carbocycles. The Balaban J connectivity index is 1.66. The number of carbonyl (C=O) groups is 1. The molecule has 1 aliphatic rings. The van der Waals surface area contributed by atoms with E-state index >= 15 is 0 Å². The Bertz CT molecular complexity index is 919. The van der Waals surface area contributed by atoms with Crippen LogP contribution in [0.2, 0.25) is 0 Å². The van der Waals surface area contributed by atoms with Crippen LogP contribution in [0.15, 0.2) is 42.5 Å². The smallest absolute Gasteiger partial charge is 0.161 e. The molecule has 0 aliphatic carbocycles. The number of methoxy groups -OCH3 is 1. The number of benzene rings is 2. The van der Waals surface area contributed by atoms with Gasteiger partial charge >= 0.3 is 0 Å². The molecule has 2 aromatic rings. The monoisotopic (exact) mass is 446 g/mol. The minimum absolute atomic E-state index is 0.195. The van der Waals surface area contributed by atoms with Crippen LogP contribution in [0.1, 0.15) is 31.7 Å². The highest BCUT2D eigenvalue weighted by molar-refractivity contribution is 5.63. The first kappa shape index (κ1) is 23.7. The zero-order chi connectivity index (χ0) is 23.3. The highest BCUT2D eigenvalue weighted by Gasteiger charge is 2.47. The van der Waals surface area contributed by atoms with Crippen LogP contribution in [0.5, 0.6) is 17.2 Å². The first-order chi connectivity index (χ1) is 15.2. The van der Waals surface area contributed by atoms with Crippen LogP contribution in [0.3, 0.4) is 0 Å². The second-order valence-corrected chi connectivity index (χ2v) is 8.30. The number of likely N-dealkylation sites (tertiary alicyclic amines) is 1. The van der Waals surface area contributed by atoms with Gasteiger partial charge in [0.15, 0.2) is 11.5 Å². The Kier molecular flexibility index (Phi) is 7.45. The van der Waals surface area contributed by atoms with E-state index in [0.717, 1.165) is 5.56 Å². The molecule has 1 amide bonds. The third-order valence-corrected chi connectivity index (χ3v) is 6.16. The summed E-state index contributed by atoms with van der Waals surface area (Å²) in [6, 6.07) is 11.3. The van der Waals surface area contributed by atoms with Gasteiger partial charge in [0, 0.05) is 30.8 Å². The number of nitrogens with zero attached hydrogens (tertiary/aromatic N) is 1. The Labute approximate surface area is 187 Å². The molecule has 7 nitrogen and oxygen atoms in total. The summed E-state index contributed by atoms with van der Waals surface area (Å²) < 4.78 is 29.8. The fourth-order valence-electron chi connectivity index (χ4n) is 4.05. The van der Waals surface area contributed by atoms with Gasteiger partial charge in [-0.2, -0.15) is 0 Å². The molecule has 0 bridgehead atoms. The Morgan fingerprint density at radius 3 is 2.53 bits per heavy atom. The van der Waals surface area contributed by atoms with Gasteiger partial charge in [0.2, 0.25) is 0 Å². The van der Waals surface area contributed by atoms with E-state index in [-0.39, 0.29) is 24.8 Å². The molecule has 8 heteroatoms. The second kappa shape index (κ2) is 10.1. The number of rotatable bonds is 9. The number of aliphatic hydroxyl groups is 1. The fraction of sp³-hybridized carbons (Fsp3) is 0.458. The summed E-state index contributed by atoms with van der Waals surface area (Å²) in [6.07, 6.45) is -1.37. The summed E-state index contributed by atoms with van der Waals surface area (Å²) >= 11 is 0. The lowest BCUT2D eigenvalue weighted by atomic mass is 9.72. The van der Waals surface area contributed by atoms with Gasteiger partial charge in [0.05, 0.1) is 26.4 Å². The maximum atomic E-state index is 13.0. The molecular formula is C24H29FNO6-. The quantitative estimate of drug-likeness (QED) is 0.596. The number of carboxylic acid groups (broad SMARTS) is 1. The zero-order valence-electron chi connectivity index (χ0n) is 18.5. The summed E-state index contributed by atoms with van der Waals surface area (Å²) in [5.74, 6) is 1.13. The second-order valence-electron chi connectivity index (χ2n) is 8.30. The summed E-state index contributed by atoms with van der Waals surface area (Å²) in [5, 5.41) is 21.8. The average Bonchev–Trinajstić information content (AvgIpc) is 3.14. The molecule has 1 N–H and O–H groups in total. The van der Waals surface area contributed by atoms with Crippen LogP contribution in [0, 0.1) is 11.2 Å². The van der Waals surface area contributed by atoms with Crippen molar-refractivity contribution in [3.63, 3.8) is 0 Å². The average molecular weight is 446 g/mol. The standard InChI is InChI=1S/C24H30FNO6/c1-16(27)24(2)15-26(23(28)29)14-20(24)17-5-10-21(30-3)22(13-17)32-12-4-11-31-19-8-6-18(25)7-9-19/h5-10,13,16,20,27H,4,11-12,14-15H2,1-3H3,(H,28,29)/p-1. The number of aliphatic hydroxyl groups excluding tert-OH is 1. The molecule has 1 aliphatic heterocycles. The van der Waals surface area contributed by atoms with E-state index in [1.165, 1.54) is 17.0 Å². The Morgan fingerprint density at radius 2 is 1.91 bits per heavy atom. The predicted octanol–water partition coefficient (Wildman–Crippen LogP) is 2.81. The molecular weight excluding hydrogens is 417 g/mol. The lowest BCUT2D eigenvalue weighted by molar-refractivity contribution is -0.264. The summed E-state index contributed by atoms with van der Waals surface area (Å²) in [6.45, 7) is 4.75. The van der Waals surface area contributed by atoms with Crippen molar-refractivity contribution in [2.24, 2.45) is 5.41 Å². The number of halogens is 1. The highest BCUT2D eigenvalue weighted by Crippen LogP contribution is 2.46. The van der Waals surface area contributed by atoms with Crippen LogP contribution in [-0.4, -0.2) is 55.6 Å². The van der Waals surface area contributed by atoms with Crippen molar-refractivity contribution in [2.45, 2.75) is 32.3 Å². The van der Waals surface area contributed by atoms with Gasteiger partial charge in [-0.15, -0.1) is 0 Å². The van der Waals surface area contributed by atoms with Crippen molar-refractivity contribution < 1.29 is 33.6 Å². The fourth-order valence-corrected chi connectivity index (χ4v) is 4.05. The summed E-state index contributed by atoms with van der Waals surface area (Å²) in [4.78, 5) is 12.7. The van der Waals surface area contributed by atoms with Crippen molar-refractivity contribution >= 4 is 6.09 Å². The van der Waals surface area contributed by atoms with Crippen LogP contribution >= 0.6 is 0 Å². The third-order valence-electron chi connectivity index (χ3n) is 6.16. The van der Waals surface area contributed by atoms with Crippen molar-refractivity contribution in [2.75, 3.05) is 33.4 Å². The molecule has 3 rings (SSSR count). The maximum Gasteiger partial charge on any atom is 0.161 e. The van der Waals surface area contributed by atoms with Crippen LogP contribution in [0.4, 0.5) is 9.18 Å². The van der Waals surface area contributed by atoms with Gasteiger partial charge < -0.3 is 34.1 Å². The van der Waals surface area contributed by atoms with Gasteiger partial charge in [-0.1, -0.05) is 13.0 Å². The molecule has 32 heavy (non-hydrogen) atoms. The number of hydrogen-bond donors (Lipinski definition) is 1. The third kappa shape index (κ3) is 5.24. The van der Waals surface area contributed by atoms with E-state index in [1.54, 1.807) is 32.2 Å². The molecule has 1 heterocycles. The molecule has 174 valence electrons. The van der Waals surface area contributed by atoms with E-state index in [1.807, 2.05) is 19.1 Å². The number of ether oxygens (including phenoxy) is 3. The van der Waals surface area contributed by atoms with Crippen LogP contribution in [-0.2, 0) is 0 Å². The number of hydrogen-bond acceptors (Lipinski definition) is 6. The minimum atomic E-state index is -1.24. The minimum Gasteiger partial charge on any atom is -0.530 e. The molecule has 0 spiro atoms. The summed E-state index contributed by atoms with van der Waals surface area (Å²) in [7, 11) is 1.55. The van der Waals surface area contributed by atoms with Crippen LogP contribution < -0.4 is 19.3 Å². The van der Waals surface area contributed by atoms with Crippen molar-refractivity contribution in [1.82, 2.24) is 4.90 Å². The van der Waals surface area contributed by atoms with E-state index in [0.29, 0.717) is 36.9 Å². The lowest BCUT2D eigenvalue weighted by Gasteiger charge is -2.34. The largest absolute Gasteiger partial charge is 0.530 e. The summed E-state index contributed by atoms with van der Waals surface area (Å²) in [5.41, 5.74) is 0.199. The molecule has 0 aromatic heterocycles. The van der Waals surface area contributed by atoms with Gasteiger partial charge in [-0.25, -0.2) is 4.39 Å². The molecule has 1 fully saturated rings. The highest BCUT2D eigenvalue weighted by atomic mass is 19.1. The van der Waals surface area contributed by atoms with E-state index in [4.69, 9.17) is 14.2 Å². The molecule has 3 atom stereocenters. The Morgan fingerprint density at radius 1 is 1.22 bits per heavy atom.